The molecule has 0 amide bonds. The monoisotopic (exact) mass is 516 g/mol. The lowest BCUT2D eigenvalue weighted by Gasteiger charge is -2.20. The van der Waals surface area contributed by atoms with Gasteiger partial charge in [-0.25, -0.2) is 4.98 Å². The third-order valence-corrected chi connectivity index (χ3v) is 7.35. The average Bonchev–Trinajstić information content (AvgIpc) is 3.43. The second-order valence-corrected chi connectivity index (χ2v) is 11.1. The molecular weight excluding hydrogens is 492 g/mol. The fourth-order valence-corrected chi connectivity index (χ4v) is 5.43. The van der Waals surface area contributed by atoms with Crippen LogP contribution in [0.2, 0.25) is 5.02 Å². The number of hydrogen-bond donors (Lipinski definition) is 0. The highest BCUT2D eigenvalue weighted by Crippen LogP contribution is 2.42. The molecule has 0 atom stereocenters. The number of halogens is 1. The van der Waals surface area contributed by atoms with Gasteiger partial charge in [-0.1, -0.05) is 56.6 Å². The van der Waals surface area contributed by atoms with Crippen LogP contribution in [-0.4, -0.2) is 9.55 Å². The van der Waals surface area contributed by atoms with Crippen molar-refractivity contribution in [1.82, 2.24) is 9.55 Å². The number of pyridine rings is 1. The normalized spacial score (nSPS) is 12.2. The Hall–Kier alpha value is -4.28. The minimum absolute atomic E-state index is 0.0106. The molecule has 0 aliphatic rings. The van der Waals surface area contributed by atoms with Crippen molar-refractivity contribution >= 4 is 55.3 Å². The summed E-state index contributed by atoms with van der Waals surface area (Å²) in [5.41, 5.74) is 4.99. The Morgan fingerprint density at radius 2 is 1.58 bits per heavy atom. The van der Waals surface area contributed by atoms with E-state index in [-0.39, 0.29) is 5.41 Å². The molecule has 4 nitrogen and oxygen atoms in total. The Kier molecular flexibility index (Phi) is 5.04. The molecule has 0 bridgehead atoms. The van der Waals surface area contributed by atoms with E-state index in [0.717, 1.165) is 55.3 Å². The Labute approximate surface area is 225 Å². The van der Waals surface area contributed by atoms with Crippen LogP contribution in [0.15, 0.2) is 102 Å². The number of furan rings is 1. The zero-order valence-electron chi connectivity index (χ0n) is 21.3. The highest BCUT2D eigenvalue weighted by atomic mass is 35.5. The Bertz CT molecular complexity index is 2010. The summed E-state index contributed by atoms with van der Waals surface area (Å²) in [4.78, 5) is 4.82. The van der Waals surface area contributed by atoms with Gasteiger partial charge in [-0.05, 0) is 71.6 Å². The number of benzene rings is 4. The van der Waals surface area contributed by atoms with Crippen molar-refractivity contribution < 1.29 is 9.15 Å². The summed E-state index contributed by atoms with van der Waals surface area (Å²) < 4.78 is 14.9. The van der Waals surface area contributed by atoms with Crippen LogP contribution in [0.1, 0.15) is 26.3 Å². The molecule has 0 N–H and O–H groups in total. The van der Waals surface area contributed by atoms with Crippen LogP contribution >= 0.6 is 11.6 Å². The summed E-state index contributed by atoms with van der Waals surface area (Å²) >= 11 is 6.20. The molecule has 0 unspecified atom stereocenters. The molecule has 0 saturated carbocycles. The van der Waals surface area contributed by atoms with Crippen molar-refractivity contribution in [3.05, 3.63) is 108 Å². The maximum Gasteiger partial charge on any atom is 0.145 e. The van der Waals surface area contributed by atoms with Gasteiger partial charge in [0.05, 0.1) is 16.4 Å². The van der Waals surface area contributed by atoms with Gasteiger partial charge in [0.1, 0.15) is 28.5 Å². The predicted octanol–water partition coefficient (Wildman–Crippen LogP) is 9.82. The quantitative estimate of drug-likeness (QED) is 0.234. The number of hydrogen-bond acceptors (Lipinski definition) is 3. The van der Waals surface area contributed by atoms with Gasteiger partial charge in [0.15, 0.2) is 0 Å². The van der Waals surface area contributed by atoms with Crippen LogP contribution in [0.3, 0.4) is 0 Å². The van der Waals surface area contributed by atoms with Gasteiger partial charge in [0.2, 0.25) is 0 Å². The Morgan fingerprint density at radius 3 is 2.42 bits per heavy atom. The lowest BCUT2D eigenvalue weighted by atomic mass is 9.88. The van der Waals surface area contributed by atoms with Gasteiger partial charge in [-0.15, -0.1) is 0 Å². The first-order valence-electron chi connectivity index (χ1n) is 12.7. The zero-order chi connectivity index (χ0) is 26.0. The molecule has 0 aliphatic carbocycles. The van der Waals surface area contributed by atoms with Crippen molar-refractivity contribution in [1.29, 1.82) is 0 Å². The van der Waals surface area contributed by atoms with E-state index < -0.39 is 0 Å². The summed E-state index contributed by atoms with van der Waals surface area (Å²) in [6, 6.07) is 30.4. The standard InChI is InChI=1S/C33H25ClN2O2/c1-33(2,3)20-15-16-35-30(17-20)36-27-14-13-25-24-9-4-5-10-29(24)38-32(25)31(27)26-12-11-23(19-28(26)36)37-22-8-6-7-21(34)18-22/h4-19H,1-3H3. The molecule has 0 spiro atoms. The molecule has 38 heavy (non-hydrogen) atoms. The third-order valence-electron chi connectivity index (χ3n) is 7.12. The maximum absolute atomic E-state index is 6.46. The number of para-hydroxylation sites is 1. The molecule has 4 aromatic carbocycles. The maximum atomic E-state index is 6.46. The molecule has 7 aromatic rings. The Balaban J connectivity index is 1.55. The molecule has 0 fully saturated rings. The van der Waals surface area contributed by atoms with Crippen molar-refractivity contribution in [3.63, 3.8) is 0 Å². The molecule has 7 rings (SSSR count). The van der Waals surface area contributed by atoms with E-state index in [9.17, 15) is 0 Å². The number of fused-ring (bicyclic) bond motifs is 7. The molecule has 5 heteroatoms. The first-order chi connectivity index (χ1) is 18.4. The van der Waals surface area contributed by atoms with Gasteiger partial charge < -0.3 is 9.15 Å². The SMILES string of the molecule is CC(C)(C)c1ccnc(-n2c3cc(Oc4cccc(Cl)c4)ccc3c3c4oc5ccccc5c4ccc32)c1. The highest BCUT2D eigenvalue weighted by molar-refractivity contribution is 6.30. The number of rotatable bonds is 3. The van der Waals surface area contributed by atoms with Crippen LogP contribution < -0.4 is 4.74 Å². The van der Waals surface area contributed by atoms with E-state index in [1.807, 2.05) is 54.7 Å². The minimum Gasteiger partial charge on any atom is -0.457 e. The van der Waals surface area contributed by atoms with Gasteiger partial charge in [0, 0.05) is 33.4 Å². The van der Waals surface area contributed by atoms with Crippen molar-refractivity contribution in [3.8, 4) is 17.3 Å². The highest BCUT2D eigenvalue weighted by Gasteiger charge is 2.21. The van der Waals surface area contributed by atoms with E-state index in [0.29, 0.717) is 10.8 Å². The van der Waals surface area contributed by atoms with E-state index in [1.165, 1.54) is 5.56 Å². The van der Waals surface area contributed by atoms with Crippen LogP contribution in [-0.2, 0) is 5.41 Å². The van der Waals surface area contributed by atoms with Gasteiger partial charge in [0.25, 0.3) is 0 Å². The lowest BCUT2D eigenvalue weighted by Crippen LogP contribution is -2.12. The Morgan fingerprint density at radius 1 is 0.763 bits per heavy atom. The van der Waals surface area contributed by atoms with Gasteiger partial charge in [-0.2, -0.15) is 0 Å². The molecule has 0 aliphatic heterocycles. The van der Waals surface area contributed by atoms with E-state index in [2.05, 4.69) is 67.8 Å². The summed E-state index contributed by atoms with van der Waals surface area (Å²) in [6.07, 6.45) is 1.89. The fourth-order valence-electron chi connectivity index (χ4n) is 5.25. The minimum atomic E-state index is -0.0106. The first-order valence-corrected chi connectivity index (χ1v) is 13.0. The largest absolute Gasteiger partial charge is 0.457 e. The topological polar surface area (TPSA) is 40.2 Å². The molecular formula is C33H25ClN2O2. The van der Waals surface area contributed by atoms with Crippen molar-refractivity contribution in [2.24, 2.45) is 0 Å². The first kappa shape index (κ1) is 22.9. The van der Waals surface area contributed by atoms with Crippen LogP contribution in [0.5, 0.6) is 11.5 Å². The second kappa shape index (κ2) is 8.37. The molecule has 186 valence electrons. The van der Waals surface area contributed by atoms with Crippen molar-refractivity contribution in [2.45, 2.75) is 26.2 Å². The predicted molar refractivity (Wildman–Crippen MR) is 156 cm³/mol. The van der Waals surface area contributed by atoms with Crippen LogP contribution in [0.25, 0.3) is 49.6 Å². The van der Waals surface area contributed by atoms with E-state index >= 15 is 0 Å². The zero-order valence-corrected chi connectivity index (χ0v) is 22.1. The van der Waals surface area contributed by atoms with Gasteiger partial charge >= 0.3 is 0 Å². The van der Waals surface area contributed by atoms with Crippen LogP contribution in [0, 0.1) is 0 Å². The average molecular weight is 517 g/mol. The van der Waals surface area contributed by atoms with E-state index in [1.54, 1.807) is 0 Å². The van der Waals surface area contributed by atoms with Gasteiger partial charge in [-0.3, -0.25) is 4.57 Å². The van der Waals surface area contributed by atoms with Crippen molar-refractivity contribution in [2.75, 3.05) is 0 Å². The lowest BCUT2D eigenvalue weighted by molar-refractivity contribution is 0.483. The third kappa shape index (κ3) is 3.64. The summed E-state index contributed by atoms with van der Waals surface area (Å²) in [7, 11) is 0. The smallest absolute Gasteiger partial charge is 0.145 e. The molecule has 3 aromatic heterocycles. The summed E-state index contributed by atoms with van der Waals surface area (Å²) in [5, 5.41) is 4.98. The molecule has 3 heterocycles. The fraction of sp³-hybridized carbons (Fsp3) is 0.121. The van der Waals surface area contributed by atoms with E-state index in [4.69, 9.17) is 25.7 Å². The number of aromatic nitrogens is 2. The molecule has 0 saturated heterocycles. The summed E-state index contributed by atoms with van der Waals surface area (Å²) in [6.45, 7) is 6.65. The second-order valence-electron chi connectivity index (χ2n) is 10.7. The number of nitrogens with zero attached hydrogens (tertiary/aromatic N) is 2. The van der Waals surface area contributed by atoms with Crippen LogP contribution in [0.4, 0.5) is 0 Å². The summed E-state index contributed by atoms with van der Waals surface area (Å²) in [5.74, 6) is 2.26. The number of ether oxygens (including phenoxy) is 1. The molecule has 0 radical (unpaired) electrons.